The Morgan fingerprint density at radius 3 is 2.38 bits per heavy atom. The molecule has 116 valence electrons. The number of allylic oxidation sites excluding steroid dienone is 1. The minimum Gasteiger partial charge on any atom is -0.462 e. The Morgan fingerprint density at radius 2 is 1.90 bits per heavy atom. The molecular weight excluding hydrogens is 268 g/mol. The summed E-state index contributed by atoms with van der Waals surface area (Å²) in [6, 6.07) is 0. The fraction of sp³-hybridized carbons (Fsp3) is 0.647. The Hall–Kier alpha value is -1.76. The topological polar surface area (TPSA) is 52.6 Å². The molecule has 1 aliphatic rings. The van der Waals surface area contributed by atoms with E-state index in [1.165, 1.54) is 13.8 Å². The van der Waals surface area contributed by atoms with Crippen LogP contribution < -0.4 is 0 Å². The van der Waals surface area contributed by atoms with Crippen LogP contribution in [0.15, 0.2) is 11.1 Å². The smallest absolute Gasteiger partial charge is 0.303 e. The molecule has 0 aromatic carbocycles. The van der Waals surface area contributed by atoms with Gasteiger partial charge in [0.2, 0.25) is 0 Å². The average Bonchev–Trinajstić information content (AvgIpc) is 2.24. The van der Waals surface area contributed by atoms with E-state index >= 15 is 0 Å². The van der Waals surface area contributed by atoms with Crippen LogP contribution in [-0.4, -0.2) is 24.1 Å². The minimum absolute atomic E-state index is 0.0889. The van der Waals surface area contributed by atoms with E-state index in [9.17, 15) is 9.59 Å². The monoisotopic (exact) mass is 292 g/mol. The van der Waals surface area contributed by atoms with Crippen molar-refractivity contribution in [1.29, 1.82) is 0 Å². The quantitative estimate of drug-likeness (QED) is 0.580. The van der Waals surface area contributed by atoms with E-state index in [0.29, 0.717) is 6.42 Å². The summed E-state index contributed by atoms with van der Waals surface area (Å²) in [7, 11) is 0. The highest BCUT2D eigenvalue weighted by Crippen LogP contribution is 2.40. The van der Waals surface area contributed by atoms with E-state index < -0.39 is 6.10 Å². The van der Waals surface area contributed by atoms with Gasteiger partial charge in [-0.15, -0.1) is 0 Å². The van der Waals surface area contributed by atoms with Crippen molar-refractivity contribution < 1.29 is 19.1 Å². The van der Waals surface area contributed by atoms with Crippen LogP contribution in [-0.2, 0) is 19.1 Å². The molecule has 1 aliphatic carbocycles. The van der Waals surface area contributed by atoms with Crippen molar-refractivity contribution in [1.82, 2.24) is 0 Å². The van der Waals surface area contributed by atoms with Crippen LogP contribution in [0.5, 0.6) is 0 Å². The maximum absolute atomic E-state index is 11.1. The Bertz CT molecular complexity index is 517. The van der Waals surface area contributed by atoms with E-state index in [-0.39, 0.29) is 23.5 Å². The number of esters is 2. The molecule has 0 bridgehead atoms. The van der Waals surface area contributed by atoms with Crippen LogP contribution in [0.2, 0.25) is 0 Å². The summed E-state index contributed by atoms with van der Waals surface area (Å²) in [5.41, 5.74) is 2.01. The van der Waals surface area contributed by atoms with E-state index in [1.807, 2.05) is 6.92 Å². The largest absolute Gasteiger partial charge is 0.462 e. The van der Waals surface area contributed by atoms with E-state index in [2.05, 4.69) is 25.7 Å². The van der Waals surface area contributed by atoms with Crippen molar-refractivity contribution in [3.05, 3.63) is 11.1 Å². The molecule has 4 heteroatoms. The van der Waals surface area contributed by atoms with Crippen molar-refractivity contribution in [2.24, 2.45) is 5.41 Å². The van der Waals surface area contributed by atoms with Crippen molar-refractivity contribution in [2.45, 2.75) is 66.6 Å². The summed E-state index contributed by atoms with van der Waals surface area (Å²) in [4.78, 5) is 22.0. The van der Waals surface area contributed by atoms with Gasteiger partial charge in [-0.25, -0.2) is 0 Å². The van der Waals surface area contributed by atoms with Gasteiger partial charge in [0.05, 0.1) is 0 Å². The van der Waals surface area contributed by atoms with Gasteiger partial charge in [0.15, 0.2) is 6.10 Å². The zero-order chi connectivity index (χ0) is 16.2. The van der Waals surface area contributed by atoms with Gasteiger partial charge in [-0.3, -0.25) is 9.59 Å². The van der Waals surface area contributed by atoms with Gasteiger partial charge in [-0.05, 0) is 20.3 Å². The first kappa shape index (κ1) is 17.3. The normalized spacial score (nSPS) is 21.9. The fourth-order valence-electron chi connectivity index (χ4n) is 2.81. The Balaban J connectivity index is 2.92. The molecule has 0 saturated carbocycles. The molecule has 0 amide bonds. The van der Waals surface area contributed by atoms with Crippen molar-refractivity contribution in [2.75, 3.05) is 0 Å². The molecule has 0 spiro atoms. The summed E-state index contributed by atoms with van der Waals surface area (Å²) < 4.78 is 10.3. The molecule has 1 rings (SSSR count). The maximum atomic E-state index is 11.1. The summed E-state index contributed by atoms with van der Waals surface area (Å²) in [5.74, 6) is 5.54. The summed E-state index contributed by atoms with van der Waals surface area (Å²) in [6.07, 6.45) is 0.934. The summed E-state index contributed by atoms with van der Waals surface area (Å²) in [6.45, 7) is 10.7. The summed E-state index contributed by atoms with van der Waals surface area (Å²) >= 11 is 0. The van der Waals surface area contributed by atoms with Gasteiger partial charge in [-0.2, -0.15) is 0 Å². The zero-order valence-electron chi connectivity index (χ0n) is 13.7. The highest BCUT2D eigenvalue weighted by Gasteiger charge is 2.34. The predicted molar refractivity (Wildman–Crippen MR) is 80.3 cm³/mol. The first-order valence-electron chi connectivity index (χ1n) is 7.18. The first-order valence-corrected chi connectivity index (χ1v) is 7.18. The van der Waals surface area contributed by atoms with Crippen LogP contribution in [0.25, 0.3) is 0 Å². The van der Waals surface area contributed by atoms with Gasteiger partial charge < -0.3 is 9.47 Å². The number of hydrogen-bond donors (Lipinski definition) is 0. The molecule has 2 atom stereocenters. The molecule has 21 heavy (non-hydrogen) atoms. The van der Waals surface area contributed by atoms with Gasteiger partial charge in [0.1, 0.15) is 6.10 Å². The third kappa shape index (κ3) is 5.26. The van der Waals surface area contributed by atoms with E-state index in [0.717, 1.165) is 17.6 Å². The molecule has 0 saturated heterocycles. The second-order valence-electron chi connectivity index (χ2n) is 6.20. The SMILES string of the molecule is CC(=O)OC(C)C#CC1=C(C)CC(OC(C)=O)CC1(C)C. The Morgan fingerprint density at radius 1 is 1.29 bits per heavy atom. The summed E-state index contributed by atoms with van der Waals surface area (Å²) in [5, 5.41) is 0. The minimum atomic E-state index is -0.426. The van der Waals surface area contributed by atoms with Crippen LogP contribution in [0.3, 0.4) is 0 Å². The van der Waals surface area contributed by atoms with Crippen LogP contribution >= 0.6 is 0 Å². The lowest BCUT2D eigenvalue weighted by molar-refractivity contribution is -0.147. The van der Waals surface area contributed by atoms with Gasteiger partial charge >= 0.3 is 11.9 Å². The number of rotatable bonds is 2. The van der Waals surface area contributed by atoms with Crippen LogP contribution in [0, 0.1) is 17.3 Å². The van der Waals surface area contributed by atoms with Gasteiger partial charge in [-0.1, -0.05) is 31.3 Å². The molecule has 2 unspecified atom stereocenters. The van der Waals surface area contributed by atoms with Gasteiger partial charge in [0.25, 0.3) is 0 Å². The van der Waals surface area contributed by atoms with E-state index in [4.69, 9.17) is 9.47 Å². The molecular formula is C17H24O4. The zero-order valence-corrected chi connectivity index (χ0v) is 13.7. The molecule has 0 radical (unpaired) electrons. The number of ether oxygens (including phenoxy) is 2. The van der Waals surface area contributed by atoms with Crippen molar-refractivity contribution in [3.8, 4) is 11.8 Å². The lowest BCUT2D eigenvalue weighted by atomic mass is 9.72. The fourth-order valence-corrected chi connectivity index (χ4v) is 2.81. The predicted octanol–water partition coefficient (Wildman–Crippen LogP) is 3.01. The maximum Gasteiger partial charge on any atom is 0.303 e. The molecule has 0 heterocycles. The molecule has 0 aromatic rings. The Labute approximate surface area is 126 Å². The molecule has 0 N–H and O–H groups in total. The molecule has 0 aromatic heterocycles. The number of carbonyl (C=O) groups excluding carboxylic acids is 2. The number of hydrogen-bond acceptors (Lipinski definition) is 4. The lowest BCUT2D eigenvalue weighted by Crippen LogP contribution is -2.31. The second-order valence-corrected chi connectivity index (χ2v) is 6.20. The highest BCUT2D eigenvalue weighted by atomic mass is 16.5. The average molecular weight is 292 g/mol. The third-order valence-electron chi connectivity index (χ3n) is 3.45. The highest BCUT2D eigenvalue weighted by molar-refractivity contribution is 5.66. The number of carbonyl (C=O) groups is 2. The van der Waals surface area contributed by atoms with E-state index in [1.54, 1.807) is 6.92 Å². The van der Waals surface area contributed by atoms with Crippen molar-refractivity contribution >= 4 is 11.9 Å². The first-order chi connectivity index (χ1) is 9.61. The second kappa shape index (κ2) is 6.80. The molecule has 4 nitrogen and oxygen atoms in total. The van der Waals surface area contributed by atoms with Crippen LogP contribution in [0.1, 0.15) is 54.4 Å². The van der Waals surface area contributed by atoms with Crippen LogP contribution in [0.4, 0.5) is 0 Å². The van der Waals surface area contributed by atoms with Crippen molar-refractivity contribution in [3.63, 3.8) is 0 Å². The molecule has 0 aliphatic heterocycles. The van der Waals surface area contributed by atoms with Gasteiger partial charge in [0, 0.05) is 31.3 Å². The Kier molecular flexibility index (Phi) is 5.60. The standard InChI is InChI=1S/C17H24O4/c1-11-9-15(21-14(4)19)10-17(5,6)16(11)8-7-12(2)20-13(3)18/h12,15H,9-10H2,1-6H3. The third-order valence-corrected chi connectivity index (χ3v) is 3.45. The lowest BCUT2D eigenvalue weighted by Gasteiger charge is -2.36. The molecule has 0 fully saturated rings.